The topological polar surface area (TPSA) is 26.3 Å². The van der Waals surface area contributed by atoms with Gasteiger partial charge >= 0.3 is 0 Å². The van der Waals surface area contributed by atoms with Crippen LogP contribution in [0.4, 0.5) is 0 Å². The minimum Gasteiger partial charge on any atom is -0.381 e. The normalized spacial score (nSPS) is 46.4. The second kappa shape index (κ2) is 1.81. The summed E-state index contributed by atoms with van der Waals surface area (Å²) in [7, 11) is 0. The summed E-state index contributed by atoms with van der Waals surface area (Å²) >= 11 is 0. The smallest absolute Gasteiger partial charge is 0.120 e. The van der Waals surface area contributed by atoms with Gasteiger partial charge in [-0.3, -0.25) is 0 Å². The molecule has 0 radical (unpaired) electrons. The van der Waals surface area contributed by atoms with Gasteiger partial charge in [0.1, 0.15) is 6.29 Å². The third-order valence-electron chi connectivity index (χ3n) is 2.50. The third kappa shape index (κ3) is 0.697. The minimum absolute atomic E-state index is 0.691. The molecule has 2 nitrogen and oxygen atoms in total. The molecule has 2 aliphatic rings. The molecular weight excluding hydrogens is 116 g/mol. The highest BCUT2D eigenvalue weighted by Gasteiger charge is 2.53. The molecule has 2 heteroatoms. The molecular formula is C7H10O2. The molecule has 1 aliphatic carbocycles. The summed E-state index contributed by atoms with van der Waals surface area (Å²) in [5.74, 6) is 2.18. The van der Waals surface area contributed by atoms with Gasteiger partial charge in [0.05, 0.1) is 13.2 Å². The lowest BCUT2D eigenvalue weighted by Gasteiger charge is -1.96. The Bertz CT molecular complexity index is 123. The zero-order valence-electron chi connectivity index (χ0n) is 5.25. The van der Waals surface area contributed by atoms with E-state index in [0.717, 1.165) is 37.8 Å². The van der Waals surface area contributed by atoms with Crippen molar-refractivity contribution in [1.29, 1.82) is 0 Å². The molecule has 1 heterocycles. The molecule has 0 amide bonds. The second-order valence-corrected chi connectivity index (χ2v) is 2.93. The Morgan fingerprint density at radius 1 is 1.44 bits per heavy atom. The summed E-state index contributed by atoms with van der Waals surface area (Å²) in [5, 5.41) is 0. The Balaban J connectivity index is 1.87. The lowest BCUT2D eigenvalue weighted by atomic mass is 10.2. The number of carbonyl (C=O) groups is 1. The number of fused-ring (bicyclic) bond motifs is 1. The Labute approximate surface area is 54.2 Å². The van der Waals surface area contributed by atoms with Crippen molar-refractivity contribution in [2.75, 3.05) is 13.2 Å². The van der Waals surface area contributed by atoms with Crippen LogP contribution in [0.2, 0.25) is 0 Å². The van der Waals surface area contributed by atoms with Crippen molar-refractivity contribution in [2.24, 2.45) is 17.8 Å². The summed E-state index contributed by atoms with van der Waals surface area (Å²) < 4.78 is 5.17. The van der Waals surface area contributed by atoms with E-state index in [1.807, 2.05) is 0 Å². The van der Waals surface area contributed by atoms with E-state index in [0.29, 0.717) is 5.92 Å². The third-order valence-corrected chi connectivity index (χ3v) is 2.50. The summed E-state index contributed by atoms with van der Waals surface area (Å²) in [6.45, 7) is 1.81. The van der Waals surface area contributed by atoms with Gasteiger partial charge in [-0.2, -0.15) is 0 Å². The Kier molecular flexibility index (Phi) is 1.09. The average molecular weight is 126 g/mol. The fourth-order valence-corrected chi connectivity index (χ4v) is 1.82. The molecule has 1 aliphatic heterocycles. The molecule has 0 spiro atoms. The fraction of sp³-hybridized carbons (Fsp3) is 0.857. The molecule has 0 bridgehead atoms. The average Bonchev–Trinajstić information content (AvgIpc) is 2.39. The van der Waals surface area contributed by atoms with Crippen LogP contribution in [0.25, 0.3) is 0 Å². The van der Waals surface area contributed by atoms with Crippen LogP contribution in [0.3, 0.4) is 0 Å². The van der Waals surface area contributed by atoms with Gasteiger partial charge in [-0.1, -0.05) is 0 Å². The largest absolute Gasteiger partial charge is 0.381 e. The van der Waals surface area contributed by atoms with Crippen LogP contribution >= 0.6 is 0 Å². The maximum Gasteiger partial charge on any atom is 0.120 e. The monoisotopic (exact) mass is 126 g/mol. The molecule has 1 saturated carbocycles. The first-order valence-corrected chi connectivity index (χ1v) is 3.45. The van der Waals surface area contributed by atoms with Crippen LogP contribution in [0.1, 0.15) is 6.42 Å². The Morgan fingerprint density at radius 3 is 2.67 bits per heavy atom. The molecule has 2 unspecified atom stereocenters. The molecule has 2 atom stereocenters. The predicted octanol–water partition coefficient (Wildman–Crippen LogP) is 0.468. The predicted molar refractivity (Wildman–Crippen MR) is 32.0 cm³/mol. The Morgan fingerprint density at radius 2 is 2.11 bits per heavy atom. The van der Waals surface area contributed by atoms with Crippen molar-refractivity contribution in [3.05, 3.63) is 0 Å². The van der Waals surface area contributed by atoms with Crippen LogP contribution in [0.5, 0.6) is 0 Å². The zero-order chi connectivity index (χ0) is 6.27. The van der Waals surface area contributed by atoms with Crippen molar-refractivity contribution in [1.82, 2.24) is 0 Å². The van der Waals surface area contributed by atoms with Crippen molar-refractivity contribution in [3.8, 4) is 0 Å². The molecule has 9 heavy (non-hydrogen) atoms. The van der Waals surface area contributed by atoms with Crippen molar-refractivity contribution < 1.29 is 9.53 Å². The van der Waals surface area contributed by atoms with E-state index in [4.69, 9.17) is 4.74 Å². The second-order valence-electron chi connectivity index (χ2n) is 2.93. The highest BCUT2D eigenvalue weighted by atomic mass is 16.5. The quantitative estimate of drug-likeness (QED) is 0.503. The van der Waals surface area contributed by atoms with E-state index in [-0.39, 0.29) is 0 Å². The number of hydrogen-bond donors (Lipinski definition) is 0. The summed E-state index contributed by atoms with van der Waals surface area (Å²) in [6.07, 6.45) is 1.79. The summed E-state index contributed by atoms with van der Waals surface area (Å²) in [6, 6.07) is 0. The maximum atomic E-state index is 10.0. The van der Waals surface area contributed by atoms with Crippen molar-refractivity contribution in [3.63, 3.8) is 0 Å². The first kappa shape index (κ1) is 5.42. The number of hydrogen-bond acceptors (Lipinski definition) is 2. The van der Waals surface area contributed by atoms with E-state index in [2.05, 4.69) is 0 Å². The number of carbonyl (C=O) groups excluding carboxylic acids is 1. The molecule has 2 rings (SSSR count). The van der Waals surface area contributed by atoms with Gasteiger partial charge in [0.2, 0.25) is 0 Å². The lowest BCUT2D eigenvalue weighted by Crippen LogP contribution is -1.97. The number of rotatable bonds is 2. The summed E-state index contributed by atoms with van der Waals surface area (Å²) in [5.41, 5.74) is 0. The van der Waals surface area contributed by atoms with Gasteiger partial charge in [-0.05, 0) is 17.8 Å². The molecule has 0 aromatic heterocycles. The van der Waals surface area contributed by atoms with E-state index < -0.39 is 0 Å². The van der Waals surface area contributed by atoms with Crippen LogP contribution in [-0.4, -0.2) is 19.5 Å². The molecule has 1 saturated heterocycles. The first-order valence-electron chi connectivity index (χ1n) is 3.45. The van der Waals surface area contributed by atoms with E-state index >= 15 is 0 Å². The number of aldehydes is 1. The molecule has 0 aromatic carbocycles. The van der Waals surface area contributed by atoms with Gasteiger partial charge in [0, 0.05) is 6.42 Å². The van der Waals surface area contributed by atoms with Crippen molar-refractivity contribution in [2.45, 2.75) is 6.42 Å². The van der Waals surface area contributed by atoms with Crippen LogP contribution in [0, 0.1) is 17.8 Å². The SMILES string of the molecule is O=CCC1C2COCC12. The maximum absolute atomic E-state index is 10.0. The highest BCUT2D eigenvalue weighted by Crippen LogP contribution is 2.51. The first-order chi connectivity index (χ1) is 4.43. The molecule has 50 valence electrons. The van der Waals surface area contributed by atoms with Crippen LogP contribution in [0.15, 0.2) is 0 Å². The Hall–Kier alpha value is -0.370. The number of ether oxygens (including phenoxy) is 1. The van der Waals surface area contributed by atoms with Gasteiger partial charge in [0.25, 0.3) is 0 Å². The molecule has 0 aromatic rings. The van der Waals surface area contributed by atoms with Gasteiger partial charge in [-0.25, -0.2) is 0 Å². The minimum atomic E-state index is 0.691. The van der Waals surface area contributed by atoms with Gasteiger partial charge < -0.3 is 9.53 Å². The van der Waals surface area contributed by atoms with Crippen LogP contribution < -0.4 is 0 Å². The summed E-state index contributed by atoms with van der Waals surface area (Å²) in [4.78, 5) is 10.0. The van der Waals surface area contributed by atoms with Gasteiger partial charge in [-0.15, -0.1) is 0 Å². The standard InChI is InChI=1S/C7H10O2/c8-2-1-5-6-3-9-4-7(5)6/h2,5-7H,1,3-4H2. The highest BCUT2D eigenvalue weighted by molar-refractivity contribution is 5.51. The van der Waals surface area contributed by atoms with Crippen molar-refractivity contribution >= 4 is 6.29 Å². The molecule has 2 fully saturated rings. The zero-order valence-corrected chi connectivity index (χ0v) is 5.25. The fourth-order valence-electron chi connectivity index (χ4n) is 1.82. The van der Waals surface area contributed by atoms with E-state index in [1.54, 1.807) is 0 Å². The molecule has 0 N–H and O–H groups in total. The van der Waals surface area contributed by atoms with E-state index in [1.165, 1.54) is 0 Å². The van der Waals surface area contributed by atoms with E-state index in [9.17, 15) is 4.79 Å². The lowest BCUT2D eigenvalue weighted by molar-refractivity contribution is -0.108. The van der Waals surface area contributed by atoms with Gasteiger partial charge in [0.15, 0.2) is 0 Å². The van der Waals surface area contributed by atoms with Crippen LogP contribution in [-0.2, 0) is 9.53 Å².